The average molecular weight is 1660 g/mol. The summed E-state index contributed by atoms with van der Waals surface area (Å²) in [5, 5.41) is 16.6. The monoisotopic (exact) mass is 1650 g/mol. The highest BCUT2D eigenvalue weighted by molar-refractivity contribution is 9.11. The van der Waals surface area contributed by atoms with Crippen LogP contribution >= 0.6 is 47.8 Å². The summed E-state index contributed by atoms with van der Waals surface area (Å²) < 4.78 is 35.4. The second-order valence-electron chi connectivity index (χ2n) is 27.2. The maximum atomic E-state index is 14.0. The summed E-state index contributed by atoms with van der Waals surface area (Å²) >= 11 is 9.77. The minimum absolute atomic E-state index is 0.0248. The fourth-order valence-electron chi connectivity index (χ4n) is 12.8. The number of carbonyl (C=O) groups excluding carboxylic acids is 2. The number of methoxy groups -OCH3 is 4. The number of amides is 1. The van der Waals surface area contributed by atoms with Gasteiger partial charge in [0.1, 0.15) is 46.9 Å². The number of nitrogens with one attached hydrogen (secondary N) is 2. The molecule has 0 atom stereocenters. The number of pyridine rings is 8. The van der Waals surface area contributed by atoms with Gasteiger partial charge in [0.2, 0.25) is 0 Å². The number of carbonyl (C=O) groups is 2. The van der Waals surface area contributed by atoms with Gasteiger partial charge in [-0.25, -0.2) is 19.9 Å². The summed E-state index contributed by atoms with van der Waals surface area (Å²) in [5.74, 6) is 1.46. The Bertz CT molecular complexity index is 4820. The van der Waals surface area contributed by atoms with E-state index in [0.29, 0.717) is 86.8 Å². The molecule has 6 aliphatic rings. The van der Waals surface area contributed by atoms with Crippen molar-refractivity contribution in [3.63, 3.8) is 0 Å². The summed E-state index contributed by atoms with van der Waals surface area (Å²) in [6.45, 7) is 13.8. The van der Waals surface area contributed by atoms with Crippen molar-refractivity contribution in [3.05, 3.63) is 206 Å². The van der Waals surface area contributed by atoms with Crippen LogP contribution in [0.4, 0.5) is 63.2 Å². The molecule has 9 aromatic heterocycles. The lowest BCUT2D eigenvalue weighted by Gasteiger charge is -2.39. The maximum Gasteiger partial charge on any atom is 0.363 e. The smallest absolute Gasteiger partial charge is 0.363 e. The van der Waals surface area contributed by atoms with Crippen molar-refractivity contribution < 1.29 is 38.2 Å². The van der Waals surface area contributed by atoms with E-state index in [0.717, 1.165) is 96.9 Å². The van der Waals surface area contributed by atoms with Gasteiger partial charge in [-0.15, -0.1) is 0 Å². The van der Waals surface area contributed by atoms with E-state index in [1.807, 2.05) is 48.5 Å². The van der Waals surface area contributed by atoms with Crippen molar-refractivity contribution in [1.82, 2.24) is 43.2 Å². The van der Waals surface area contributed by atoms with Gasteiger partial charge in [0.15, 0.2) is 6.20 Å². The Morgan fingerprint density at radius 1 is 0.598 bits per heavy atom. The first-order valence-corrected chi connectivity index (χ1v) is 36.7. The Morgan fingerprint density at radius 3 is 1.53 bits per heavy atom. The molecule has 0 radical (unpaired) electrons. The molecule has 0 spiro atoms. The molecular weight excluding hydrogens is 1570 g/mol. The molecular formula is C74H85Br3N18O12. The van der Waals surface area contributed by atoms with Crippen LogP contribution in [0.25, 0.3) is 11.1 Å². The number of hydrogen-bond acceptors (Lipinski definition) is 24. The van der Waals surface area contributed by atoms with E-state index < -0.39 is 10.9 Å². The van der Waals surface area contributed by atoms with Crippen molar-refractivity contribution in [2.75, 3.05) is 128 Å². The number of nitrogens with zero attached hydrogens (tertiary/aromatic N) is 15. The Hall–Kier alpha value is -9.90. The van der Waals surface area contributed by atoms with Gasteiger partial charge in [0.25, 0.3) is 22.6 Å². The van der Waals surface area contributed by atoms with Crippen LogP contribution in [0.5, 0.6) is 0 Å². The molecule has 1 amide bonds. The second kappa shape index (κ2) is 34.3. The minimum atomic E-state index is -0.502. The summed E-state index contributed by atoms with van der Waals surface area (Å²) in [5.41, 5.74) is 15.3. The summed E-state index contributed by atoms with van der Waals surface area (Å²) in [6.07, 6.45) is 16.8. The van der Waals surface area contributed by atoms with Gasteiger partial charge >= 0.3 is 11.8 Å². The van der Waals surface area contributed by atoms with E-state index in [1.165, 1.54) is 44.1 Å². The van der Waals surface area contributed by atoms with Crippen molar-refractivity contribution in [3.8, 4) is 11.1 Å². The molecule has 107 heavy (non-hydrogen) atoms. The molecule has 30 nitrogen and oxygen atoms in total. The Balaban J connectivity index is 0.000000155. The number of anilines is 10. The number of aryl methyl sites for hydroxylation is 3. The largest absolute Gasteiger partial charge is 0.461 e. The van der Waals surface area contributed by atoms with E-state index >= 15 is 0 Å². The first-order chi connectivity index (χ1) is 51.2. The van der Waals surface area contributed by atoms with E-state index in [4.69, 9.17) is 29.4 Å². The van der Waals surface area contributed by atoms with E-state index in [1.54, 1.807) is 122 Å². The summed E-state index contributed by atoms with van der Waals surface area (Å²) in [6, 6.07) is 23.6. The fraction of sp³-hybridized carbons (Fsp3) is 0.378. The van der Waals surface area contributed by atoms with Gasteiger partial charge in [-0.1, -0.05) is 13.8 Å². The molecule has 0 aromatic carbocycles. The molecule has 5 aliphatic heterocycles. The van der Waals surface area contributed by atoms with Gasteiger partial charge < -0.3 is 88.0 Å². The number of nitro groups is 1. The third-order valence-corrected chi connectivity index (χ3v) is 20.4. The Kier molecular flexibility index (Phi) is 25.1. The quantitative estimate of drug-likeness (QED) is 0.0434. The fourth-order valence-corrected chi connectivity index (χ4v) is 14.7. The minimum Gasteiger partial charge on any atom is -0.461 e. The molecule has 0 unspecified atom stereocenters. The number of nitrogen functional groups attached to an aromatic ring is 1. The van der Waals surface area contributed by atoms with Crippen molar-refractivity contribution in [2.45, 2.75) is 71.2 Å². The van der Waals surface area contributed by atoms with Crippen LogP contribution < -0.4 is 57.5 Å². The molecule has 33 heteroatoms. The first kappa shape index (κ1) is 78.2. The Labute approximate surface area is 643 Å². The molecule has 15 rings (SSSR count). The number of halogens is 3. The van der Waals surface area contributed by atoms with Crippen LogP contribution in [0.3, 0.4) is 0 Å². The van der Waals surface area contributed by atoms with Crippen molar-refractivity contribution >= 4 is 123 Å². The van der Waals surface area contributed by atoms with Crippen LogP contribution in [0.15, 0.2) is 156 Å². The topological polar surface area (TPSA) is 325 Å². The molecule has 9 aromatic rings. The summed E-state index contributed by atoms with van der Waals surface area (Å²) in [4.78, 5) is 104. The van der Waals surface area contributed by atoms with E-state index in [-0.39, 0.29) is 52.6 Å². The highest BCUT2D eigenvalue weighted by atomic mass is 79.9. The number of fused-ring (bicyclic) bond motifs is 3. The number of esters is 1. The molecule has 1 aliphatic carbocycles. The lowest BCUT2D eigenvalue weighted by atomic mass is 9.90. The predicted molar refractivity (Wildman–Crippen MR) is 421 cm³/mol. The third-order valence-electron chi connectivity index (χ3n) is 19.0. The SMILES string of the molecule is COC1CN(c2ccc(N)nc2)C1.COC1CN(c2ccc(Nc3cc(-c4ccnc(N5CCn6c(cc7c6CC(C)(C)C7)C5=O)c4COC(C)=O)cn(C)c3=O)nc2)C1.COC1CN(c2ccc(Nc3cc(Br)cn(C)c3=O)nc2)C1.COC1CN(c2ccc([N+](=O)[O-])nc2)C1.Cn1cc(Br)cc(Br)c1=O. The number of rotatable bonds is 17. The van der Waals surface area contributed by atoms with Gasteiger partial charge in [-0.2, -0.15) is 0 Å². The van der Waals surface area contributed by atoms with E-state index in [2.05, 4.69) is 121 Å². The zero-order valence-corrected chi connectivity index (χ0v) is 65.7. The van der Waals surface area contributed by atoms with Gasteiger partial charge in [0, 0.05) is 179 Å². The highest BCUT2D eigenvalue weighted by Crippen LogP contribution is 2.41. The summed E-state index contributed by atoms with van der Waals surface area (Å²) in [7, 11) is 12.0. The molecule has 4 N–H and O–H groups in total. The molecule has 4 saturated heterocycles. The van der Waals surface area contributed by atoms with Crippen LogP contribution in [0, 0.1) is 15.5 Å². The van der Waals surface area contributed by atoms with Gasteiger partial charge in [-0.05, 0) is 160 Å². The van der Waals surface area contributed by atoms with Crippen LogP contribution in [0.2, 0.25) is 0 Å². The molecule has 0 saturated carbocycles. The maximum absolute atomic E-state index is 14.0. The molecule has 564 valence electrons. The lowest BCUT2D eigenvalue weighted by molar-refractivity contribution is -0.389. The second-order valence-corrected chi connectivity index (χ2v) is 29.9. The van der Waals surface area contributed by atoms with Gasteiger partial charge in [0.05, 0.1) is 70.2 Å². The average Bonchev–Trinajstić information content (AvgIpc) is 1.61. The van der Waals surface area contributed by atoms with Crippen LogP contribution in [-0.2, 0) is 75.6 Å². The number of aromatic nitrogens is 9. The van der Waals surface area contributed by atoms with Crippen LogP contribution in [0.1, 0.15) is 48.1 Å². The number of hydrogen-bond donors (Lipinski definition) is 3. The van der Waals surface area contributed by atoms with Gasteiger partial charge in [-0.3, -0.25) is 28.9 Å². The normalized spacial score (nSPS) is 15.7. The highest BCUT2D eigenvalue weighted by Gasteiger charge is 2.38. The number of nitrogens with two attached hydrogens (primary N) is 1. The predicted octanol–water partition coefficient (Wildman–Crippen LogP) is 9.43. The lowest BCUT2D eigenvalue weighted by Crippen LogP contribution is -2.51. The third kappa shape index (κ3) is 18.9. The first-order valence-electron chi connectivity index (χ1n) is 34.3. The zero-order valence-electron chi connectivity index (χ0n) is 60.9. The molecule has 4 fully saturated rings. The van der Waals surface area contributed by atoms with E-state index in [9.17, 15) is 34.1 Å². The standard InChI is InChI=1S/C35H39N7O5.C15H17BrN4O2.C9H11N3O3.C9H13N3O.C6H5Br2NO/c1-21(43)47-20-27-26(8-9-36-32(27)42-11-10-41-29(34(42)45)13-22-14-35(2,3)15-30(22)41)23-12-28(33(44)39(4)17-23)38-31-7-6-24(16-37-31)40-18-25(19-40)46-5;1-19-7-10(16)5-13(15(19)21)18-14-4-3-11(6-17-14)20-8-12(9-20)22-2;1-15-8-5-11(6-8)7-2-3-9(10-4-7)12(13)14;1-13-8-5-12(6-8)7-2-3-9(10)11-4-7;1-9-3-4(7)2-5(8)6(9)10/h6-9,12-13,16-17,25H,10-11,14-15,18-20H2,1-5H3,(H,37,38);3-7,12H,8-9H2,1-2H3,(H,17,18);2-4,8H,5-6H2,1H3;2-4,8H,5-6H2,1H3,(H2,10,11);2-3H,1H3. The zero-order chi connectivity index (χ0) is 76.5. The molecule has 14 heterocycles. The Morgan fingerprint density at radius 2 is 1.07 bits per heavy atom. The molecule has 0 bridgehead atoms. The number of ether oxygens (including phenoxy) is 5. The van der Waals surface area contributed by atoms with Crippen LogP contribution in [-0.4, -0.2) is 172 Å². The van der Waals surface area contributed by atoms with Crippen molar-refractivity contribution in [1.29, 1.82) is 0 Å². The van der Waals surface area contributed by atoms with Crippen molar-refractivity contribution in [2.24, 2.45) is 26.6 Å².